The summed E-state index contributed by atoms with van der Waals surface area (Å²) in [5, 5.41) is 8.26. The lowest BCUT2D eigenvalue weighted by atomic mass is 10.2. The van der Waals surface area contributed by atoms with Crippen molar-refractivity contribution >= 4 is 18.3 Å². The SMILES string of the molecule is O=C(O)OC(=O)OC(=O)c1ccccc1Oc1ccccc1. The van der Waals surface area contributed by atoms with Crippen LogP contribution in [0, 0.1) is 0 Å². The molecular formula is C15H10O7. The largest absolute Gasteiger partial charge is 0.526 e. The highest BCUT2D eigenvalue weighted by molar-refractivity contribution is 5.98. The highest BCUT2D eigenvalue weighted by Gasteiger charge is 2.20. The molecule has 7 heteroatoms. The van der Waals surface area contributed by atoms with Crippen molar-refractivity contribution in [2.75, 3.05) is 0 Å². The Morgan fingerprint density at radius 3 is 2.14 bits per heavy atom. The molecule has 2 aromatic rings. The fourth-order valence-corrected chi connectivity index (χ4v) is 1.56. The molecule has 112 valence electrons. The Hall–Kier alpha value is -3.35. The summed E-state index contributed by atoms with van der Waals surface area (Å²) in [6.45, 7) is 0. The normalized spacial score (nSPS) is 9.64. The van der Waals surface area contributed by atoms with Crippen LogP contribution in [0.3, 0.4) is 0 Å². The zero-order chi connectivity index (χ0) is 15.9. The van der Waals surface area contributed by atoms with E-state index in [1.807, 2.05) is 0 Å². The fourth-order valence-electron chi connectivity index (χ4n) is 1.56. The van der Waals surface area contributed by atoms with E-state index in [-0.39, 0.29) is 11.3 Å². The summed E-state index contributed by atoms with van der Waals surface area (Å²) in [7, 11) is 0. The van der Waals surface area contributed by atoms with E-state index < -0.39 is 18.3 Å². The summed E-state index contributed by atoms with van der Waals surface area (Å²) in [5.41, 5.74) is -0.0475. The minimum atomic E-state index is -1.87. The van der Waals surface area contributed by atoms with Crippen molar-refractivity contribution in [3.05, 3.63) is 60.2 Å². The summed E-state index contributed by atoms with van der Waals surface area (Å²) >= 11 is 0. The number of hydrogen-bond acceptors (Lipinski definition) is 6. The molecule has 22 heavy (non-hydrogen) atoms. The monoisotopic (exact) mass is 302 g/mol. The lowest BCUT2D eigenvalue weighted by molar-refractivity contribution is 0.0403. The van der Waals surface area contributed by atoms with Gasteiger partial charge in [-0.15, -0.1) is 0 Å². The van der Waals surface area contributed by atoms with Gasteiger partial charge < -0.3 is 19.3 Å². The summed E-state index contributed by atoms with van der Waals surface area (Å²) in [6.07, 6.45) is -3.50. The van der Waals surface area contributed by atoms with E-state index in [9.17, 15) is 14.4 Å². The van der Waals surface area contributed by atoms with Crippen LogP contribution < -0.4 is 4.74 Å². The Kier molecular flexibility index (Phi) is 4.71. The van der Waals surface area contributed by atoms with E-state index in [0.717, 1.165) is 0 Å². The standard InChI is InChI=1S/C15H10O7/c16-13(21-15(19)22-14(17)18)11-8-4-5-9-12(11)20-10-6-2-1-3-7-10/h1-9H,(H,17,18). The average molecular weight is 302 g/mol. The van der Waals surface area contributed by atoms with E-state index in [2.05, 4.69) is 9.47 Å². The predicted molar refractivity (Wildman–Crippen MR) is 72.9 cm³/mol. The third kappa shape index (κ3) is 4.07. The third-order valence-corrected chi connectivity index (χ3v) is 2.42. The number of para-hydroxylation sites is 2. The molecule has 0 aliphatic heterocycles. The van der Waals surface area contributed by atoms with Gasteiger partial charge in [-0.3, -0.25) is 0 Å². The zero-order valence-electron chi connectivity index (χ0n) is 11.1. The zero-order valence-corrected chi connectivity index (χ0v) is 11.1. The third-order valence-electron chi connectivity index (χ3n) is 2.42. The van der Waals surface area contributed by atoms with Crippen LogP contribution >= 0.6 is 0 Å². The highest BCUT2D eigenvalue weighted by atomic mass is 16.8. The molecule has 2 aromatic carbocycles. The fraction of sp³-hybridized carbons (Fsp3) is 0. The summed E-state index contributed by atoms with van der Waals surface area (Å²) in [4.78, 5) is 33.0. The van der Waals surface area contributed by atoms with Crippen LogP contribution in [0.1, 0.15) is 10.4 Å². The first kappa shape index (κ1) is 15.0. The van der Waals surface area contributed by atoms with Crippen LogP contribution in [0.25, 0.3) is 0 Å². The number of esters is 1. The molecule has 0 fully saturated rings. The molecule has 0 aliphatic carbocycles. The van der Waals surface area contributed by atoms with Crippen LogP contribution in [-0.2, 0) is 9.47 Å². The molecule has 1 N–H and O–H groups in total. The summed E-state index contributed by atoms with van der Waals surface area (Å²) in [6, 6.07) is 14.7. The van der Waals surface area contributed by atoms with Gasteiger partial charge in [0.1, 0.15) is 17.1 Å². The van der Waals surface area contributed by atoms with Crippen molar-refractivity contribution in [3.8, 4) is 11.5 Å². The molecule has 0 unspecified atom stereocenters. The number of carboxylic acid groups (broad SMARTS) is 1. The van der Waals surface area contributed by atoms with Crippen molar-refractivity contribution in [3.63, 3.8) is 0 Å². The maximum Gasteiger partial charge on any atom is 0.526 e. The molecular weight excluding hydrogens is 292 g/mol. The van der Waals surface area contributed by atoms with E-state index >= 15 is 0 Å². The molecule has 0 atom stereocenters. The highest BCUT2D eigenvalue weighted by Crippen LogP contribution is 2.25. The van der Waals surface area contributed by atoms with Gasteiger partial charge in [-0.05, 0) is 24.3 Å². The van der Waals surface area contributed by atoms with Crippen molar-refractivity contribution in [1.29, 1.82) is 0 Å². The van der Waals surface area contributed by atoms with Gasteiger partial charge in [-0.25, -0.2) is 14.4 Å². The van der Waals surface area contributed by atoms with Gasteiger partial charge in [0.15, 0.2) is 0 Å². The number of rotatable bonds is 3. The molecule has 0 saturated heterocycles. The molecule has 0 bridgehead atoms. The number of carbonyl (C=O) groups excluding carboxylic acids is 2. The molecule has 0 spiro atoms. The minimum absolute atomic E-state index is 0.0475. The molecule has 0 aliphatic rings. The first-order valence-corrected chi connectivity index (χ1v) is 6.05. The van der Waals surface area contributed by atoms with Crippen LogP contribution in [0.2, 0.25) is 0 Å². The molecule has 2 rings (SSSR count). The Bertz CT molecular complexity index is 694. The second-order valence-electron chi connectivity index (χ2n) is 3.92. The molecule has 0 amide bonds. The van der Waals surface area contributed by atoms with Crippen molar-refractivity contribution in [2.45, 2.75) is 0 Å². The first-order chi connectivity index (χ1) is 10.6. The molecule has 0 saturated carbocycles. The Balaban J connectivity index is 2.15. The van der Waals surface area contributed by atoms with E-state index in [4.69, 9.17) is 9.84 Å². The van der Waals surface area contributed by atoms with Crippen LogP contribution in [-0.4, -0.2) is 23.4 Å². The van der Waals surface area contributed by atoms with Gasteiger partial charge in [-0.2, -0.15) is 0 Å². The Labute approximate surface area is 124 Å². The van der Waals surface area contributed by atoms with Gasteiger partial charge >= 0.3 is 18.3 Å². The number of ether oxygens (including phenoxy) is 3. The summed E-state index contributed by atoms with van der Waals surface area (Å²) < 4.78 is 13.5. The van der Waals surface area contributed by atoms with Crippen molar-refractivity contribution in [1.82, 2.24) is 0 Å². The lowest BCUT2D eigenvalue weighted by Crippen LogP contribution is -2.17. The molecule has 0 aromatic heterocycles. The van der Waals surface area contributed by atoms with E-state index in [1.165, 1.54) is 18.2 Å². The van der Waals surface area contributed by atoms with Crippen LogP contribution in [0.4, 0.5) is 9.59 Å². The Morgan fingerprint density at radius 2 is 1.45 bits per heavy atom. The number of benzene rings is 2. The van der Waals surface area contributed by atoms with E-state index in [1.54, 1.807) is 36.4 Å². The lowest BCUT2D eigenvalue weighted by Gasteiger charge is -2.09. The molecule has 7 nitrogen and oxygen atoms in total. The van der Waals surface area contributed by atoms with Crippen molar-refractivity contribution < 1.29 is 33.7 Å². The quantitative estimate of drug-likeness (QED) is 0.684. The van der Waals surface area contributed by atoms with Crippen LogP contribution in [0.15, 0.2) is 54.6 Å². The van der Waals surface area contributed by atoms with Gasteiger partial charge in [0.25, 0.3) is 0 Å². The summed E-state index contributed by atoms with van der Waals surface area (Å²) in [5.74, 6) is -0.449. The Morgan fingerprint density at radius 1 is 0.818 bits per heavy atom. The first-order valence-electron chi connectivity index (χ1n) is 6.05. The second kappa shape index (κ2) is 6.89. The number of carbonyl (C=O) groups is 3. The van der Waals surface area contributed by atoms with Crippen molar-refractivity contribution in [2.24, 2.45) is 0 Å². The van der Waals surface area contributed by atoms with Crippen LogP contribution in [0.5, 0.6) is 11.5 Å². The number of hydrogen-bond donors (Lipinski definition) is 1. The maximum atomic E-state index is 11.9. The van der Waals surface area contributed by atoms with Gasteiger partial charge in [0, 0.05) is 0 Å². The second-order valence-corrected chi connectivity index (χ2v) is 3.92. The predicted octanol–water partition coefficient (Wildman–Crippen LogP) is 3.45. The maximum absolute atomic E-state index is 11.9. The molecule has 0 heterocycles. The van der Waals surface area contributed by atoms with Gasteiger partial charge in [-0.1, -0.05) is 30.3 Å². The van der Waals surface area contributed by atoms with Gasteiger partial charge in [0.05, 0.1) is 0 Å². The smallest absolute Gasteiger partial charge is 0.456 e. The minimum Gasteiger partial charge on any atom is -0.456 e. The molecule has 0 radical (unpaired) electrons. The topological polar surface area (TPSA) is 99.1 Å². The van der Waals surface area contributed by atoms with Gasteiger partial charge in [0.2, 0.25) is 0 Å². The van der Waals surface area contributed by atoms with E-state index in [0.29, 0.717) is 5.75 Å². The average Bonchev–Trinajstić information content (AvgIpc) is 2.47.